The van der Waals surface area contributed by atoms with Crippen molar-refractivity contribution in [2.75, 3.05) is 19.6 Å². The minimum absolute atomic E-state index is 0.00147. The second kappa shape index (κ2) is 7.95. The van der Waals surface area contributed by atoms with E-state index in [-0.39, 0.29) is 17.5 Å². The van der Waals surface area contributed by atoms with Crippen molar-refractivity contribution in [3.05, 3.63) is 23.0 Å². The second-order valence-corrected chi connectivity index (χ2v) is 10.6. The summed E-state index contributed by atoms with van der Waals surface area (Å²) in [4.78, 5) is 20.8. The minimum Gasteiger partial charge on any atom is -0.348 e. The van der Waals surface area contributed by atoms with E-state index in [1.165, 1.54) is 12.8 Å². The molecule has 1 saturated carbocycles. The fourth-order valence-corrected chi connectivity index (χ4v) is 4.73. The lowest BCUT2D eigenvalue weighted by Gasteiger charge is -2.32. The summed E-state index contributed by atoms with van der Waals surface area (Å²) in [5, 5.41) is 8.93. The van der Waals surface area contributed by atoms with Gasteiger partial charge < -0.3 is 10.2 Å². The lowest BCUT2D eigenvalue weighted by atomic mass is 10.00. The zero-order valence-electron chi connectivity index (χ0n) is 19.5. The van der Waals surface area contributed by atoms with E-state index in [1.54, 1.807) is 0 Å². The van der Waals surface area contributed by atoms with Crippen LogP contribution in [-0.4, -0.2) is 51.2 Å². The Balaban J connectivity index is 1.62. The highest BCUT2D eigenvalue weighted by Gasteiger charge is 2.30. The summed E-state index contributed by atoms with van der Waals surface area (Å²) in [6, 6.07) is 2.13. The summed E-state index contributed by atoms with van der Waals surface area (Å²) >= 11 is 0. The van der Waals surface area contributed by atoms with Crippen molar-refractivity contribution in [3.63, 3.8) is 0 Å². The molecule has 2 atom stereocenters. The average Bonchev–Trinajstić information content (AvgIpc) is 3.44. The molecule has 0 radical (unpaired) electrons. The summed E-state index contributed by atoms with van der Waals surface area (Å²) in [5.41, 5.74) is 3.29. The highest BCUT2D eigenvalue weighted by molar-refractivity contribution is 6.06. The van der Waals surface area contributed by atoms with Crippen LogP contribution < -0.4 is 5.32 Å². The van der Waals surface area contributed by atoms with Crippen molar-refractivity contribution in [1.29, 1.82) is 0 Å². The molecule has 2 aromatic heterocycles. The van der Waals surface area contributed by atoms with E-state index in [4.69, 9.17) is 10.1 Å². The molecular formula is C24H37N5O. The maximum atomic E-state index is 13.4. The predicted molar refractivity (Wildman–Crippen MR) is 121 cm³/mol. The first kappa shape index (κ1) is 21.3. The summed E-state index contributed by atoms with van der Waals surface area (Å²) < 4.78 is 1.98. The molecule has 30 heavy (non-hydrogen) atoms. The van der Waals surface area contributed by atoms with Crippen molar-refractivity contribution < 1.29 is 4.79 Å². The van der Waals surface area contributed by atoms with Gasteiger partial charge in [-0.25, -0.2) is 9.67 Å². The minimum atomic E-state index is -0.187. The molecule has 0 aromatic carbocycles. The first-order valence-electron chi connectivity index (χ1n) is 11.6. The zero-order chi connectivity index (χ0) is 21.6. The number of aryl methyl sites for hydroxylation is 1. The molecule has 0 bridgehead atoms. The number of piperidine rings is 1. The maximum absolute atomic E-state index is 13.4. The Bertz CT molecular complexity index is 937. The number of pyridine rings is 1. The summed E-state index contributed by atoms with van der Waals surface area (Å²) in [7, 11) is 0. The molecule has 2 aromatic rings. The van der Waals surface area contributed by atoms with Gasteiger partial charge in [-0.05, 0) is 78.8 Å². The third-order valence-corrected chi connectivity index (χ3v) is 6.36. The van der Waals surface area contributed by atoms with Crippen LogP contribution in [0.1, 0.15) is 88.0 Å². The van der Waals surface area contributed by atoms with E-state index in [0.29, 0.717) is 5.92 Å². The Morgan fingerprint density at radius 2 is 2.03 bits per heavy atom. The van der Waals surface area contributed by atoms with Gasteiger partial charge in [-0.1, -0.05) is 6.92 Å². The van der Waals surface area contributed by atoms with Crippen molar-refractivity contribution in [3.8, 4) is 0 Å². The lowest BCUT2D eigenvalue weighted by molar-refractivity contribution is 0.0921. The van der Waals surface area contributed by atoms with Crippen molar-refractivity contribution in [1.82, 2.24) is 25.0 Å². The molecule has 2 unspecified atom stereocenters. The van der Waals surface area contributed by atoms with Crippen LogP contribution in [0.3, 0.4) is 0 Å². The van der Waals surface area contributed by atoms with Crippen LogP contribution in [0.25, 0.3) is 11.0 Å². The molecule has 4 rings (SSSR count). The number of fused-ring (bicyclic) bond motifs is 1. The summed E-state index contributed by atoms with van der Waals surface area (Å²) in [6.07, 6.45) is 4.88. The monoisotopic (exact) mass is 411 g/mol. The average molecular weight is 412 g/mol. The standard InChI is InChI=1S/C24H37N5O/c1-15-8-7-11-28(13-15)14-16(2)25-23(30)19-12-20(18-9-10-18)26-22-21(19)17(3)27-29(22)24(4,5)6/h12,15-16,18H,7-11,13-14H2,1-6H3,(H,25,30). The second-order valence-electron chi connectivity index (χ2n) is 10.6. The number of carbonyl (C=O) groups excluding carboxylic acids is 1. The molecule has 0 spiro atoms. The van der Waals surface area contributed by atoms with Gasteiger partial charge in [0.15, 0.2) is 5.65 Å². The van der Waals surface area contributed by atoms with Gasteiger partial charge in [-0.2, -0.15) is 5.10 Å². The number of aromatic nitrogens is 3. The normalized spacial score (nSPS) is 21.7. The largest absolute Gasteiger partial charge is 0.348 e. The highest BCUT2D eigenvalue weighted by atomic mass is 16.1. The van der Waals surface area contributed by atoms with Crippen LogP contribution in [0.5, 0.6) is 0 Å². The van der Waals surface area contributed by atoms with Crippen LogP contribution in [0.15, 0.2) is 6.07 Å². The van der Waals surface area contributed by atoms with Gasteiger partial charge >= 0.3 is 0 Å². The van der Waals surface area contributed by atoms with Crippen molar-refractivity contribution >= 4 is 16.9 Å². The van der Waals surface area contributed by atoms with Gasteiger partial charge in [0.1, 0.15) is 0 Å². The zero-order valence-corrected chi connectivity index (χ0v) is 19.5. The van der Waals surface area contributed by atoms with Gasteiger partial charge in [0, 0.05) is 30.7 Å². The topological polar surface area (TPSA) is 63.1 Å². The molecule has 1 saturated heterocycles. The Kier molecular flexibility index (Phi) is 5.64. The summed E-state index contributed by atoms with van der Waals surface area (Å²) in [5.74, 6) is 1.23. The fraction of sp³-hybridized carbons (Fsp3) is 0.708. The van der Waals surface area contributed by atoms with E-state index in [0.717, 1.165) is 66.4 Å². The van der Waals surface area contributed by atoms with Crippen molar-refractivity contribution in [2.45, 2.75) is 84.7 Å². The number of hydrogen-bond donors (Lipinski definition) is 1. The third kappa shape index (κ3) is 4.39. The molecule has 1 aliphatic heterocycles. The number of rotatable bonds is 5. The number of nitrogens with one attached hydrogen (secondary N) is 1. The molecule has 2 aliphatic rings. The smallest absolute Gasteiger partial charge is 0.252 e. The van der Waals surface area contributed by atoms with Gasteiger partial charge in [0.05, 0.1) is 22.2 Å². The Labute approximate surface area is 180 Å². The van der Waals surface area contributed by atoms with Crippen LogP contribution in [0.4, 0.5) is 0 Å². The molecule has 6 heteroatoms. The predicted octanol–water partition coefficient (Wildman–Crippen LogP) is 4.22. The van der Waals surface area contributed by atoms with E-state index < -0.39 is 0 Å². The maximum Gasteiger partial charge on any atom is 0.252 e. The lowest BCUT2D eigenvalue weighted by Crippen LogP contribution is -2.45. The third-order valence-electron chi connectivity index (χ3n) is 6.36. The number of likely N-dealkylation sites (tertiary alicyclic amines) is 1. The fourth-order valence-electron chi connectivity index (χ4n) is 4.73. The van der Waals surface area contributed by atoms with Crippen LogP contribution in [0.2, 0.25) is 0 Å². The molecule has 3 heterocycles. The van der Waals surface area contributed by atoms with E-state index >= 15 is 0 Å². The molecule has 164 valence electrons. The number of amides is 1. The highest BCUT2D eigenvalue weighted by Crippen LogP contribution is 2.41. The Morgan fingerprint density at radius 3 is 2.67 bits per heavy atom. The van der Waals surface area contributed by atoms with E-state index in [2.05, 4.69) is 44.8 Å². The van der Waals surface area contributed by atoms with E-state index in [9.17, 15) is 4.79 Å². The quantitative estimate of drug-likeness (QED) is 0.800. The molecule has 1 N–H and O–H groups in total. The first-order chi connectivity index (χ1) is 14.1. The van der Waals surface area contributed by atoms with Gasteiger partial charge in [0.2, 0.25) is 0 Å². The van der Waals surface area contributed by atoms with Crippen molar-refractivity contribution in [2.24, 2.45) is 5.92 Å². The molecular weight excluding hydrogens is 374 g/mol. The number of carbonyl (C=O) groups is 1. The SMILES string of the molecule is Cc1nn(C(C)(C)C)c2nc(C3CC3)cc(C(=O)NC(C)CN3CCCC(C)C3)c12. The number of nitrogens with zero attached hydrogens (tertiary/aromatic N) is 4. The summed E-state index contributed by atoms with van der Waals surface area (Å²) in [6.45, 7) is 16.0. The van der Waals surface area contributed by atoms with Gasteiger partial charge in [0.25, 0.3) is 5.91 Å². The van der Waals surface area contributed by atoms with Crippen LogP contribution in [-0.2, 0) is 5.54 Å². The molecule has 2 fully saturated rings. The first-order valence-corrected chi connectivity index (χ1v) is 11.6. The van der Waals surface area contributed by atoms with Gasteiger partial charge in [-0.15, -0.1) is 0 Å². The molecule has 6 nitrogen and oxygen atoms in total. The molecule has 1 aliphatic carbocycles. The number of hydrogen-bond acceptors (Lipinski definition) is 4. The van der Waals surface area contributed by atoms with E-state index in [1.807, 2.05) is 17.7 Å². The Hall–Kier alpha value is -1.95. The van der Waals surface area contributed by atoms with Crippen LogP contribution >= 0.6 is 0 Å². The molecule has 1 amide bonds. The van der Waals surface area contributed by atoms with Crippen LogP contribution in [0, 0.1) is 12.8 Å². The van der Waals surface area contributed by atoms with Gasteiger partial charge in [-0.3, -0.25) is 4.79 Å². The Morgan fingerprint density at radius 1 is 1.30 bits per heavy atom.